The van der Waals surface area contributed by atoms with Gasteiger partial charge < -0.3 is 9.80 Å². The van der Waals surface area contributed by atoms with Gasteiger partial charge in [0.1, 0.15) is 5.82 Å². The van der Waals surface area contributed by atoms with Crippen molar-refractivity contribution in [3.63, 3.8) is 0 Å². The molecule has 2 heterocycles. The highest BCUT2D eigenvalue weighted by Gasteiger charge is 2.41. The monoisotopic (exact) mass is 585 g/mol. The highest BCUT2D eigenvalue weighted by atomic mass is 32.2. The van der Waals surface area contributed by atoms with Crippen molar-refractivity contribution in [2.45, 2.75) is 96.2 Å². The minimum absolute atomic E-state index is 0.0269. The fourth-order valence-electron chi connectivity index (χ4n) is 6.10. The average molecular weight is 586 g/mol. The van der Waals surface area contributed by atoms with Crippen molar-refractivity contribution < 1.29 is 22.4 Å². The molecule has 0 aromatic heterocycles. The summed E-state index contributed by atoms with van der Waals surface area (Å²) < 4.78 is 43.9. The van der Waals surface area contributed by atoms with Gasteiger partial charge in [0.15, 0.2) is 0 Å². The summed E-state index contributed by atoms with van der Waals surface area (Å²) in [4.78, 5) is 30.0. The third-order valence-electron chi connectivity index (χ3n) is 8.19. The molecular formula is C32H44FN3O4S. The van der Waals surface area contributed by atoms with Gasteiger partial charge in [-0.25, -0.2) is 12.8 Å². The molecule has 0 saturated carbocycles. The normalized spacial score (nSPS) is 22.5. The van der Waals surface area contributed by atoms with Crippen molar-refractivity contribution in [3.8, 4) is 0 Å². The van der Waals surface area contributed by atoms with Crippen molar-refractivity contribution in [2.75, 3.05) is 19.6 Å². The SMILES string of the molecule is Cc1ccc(S(=O)(=O)N2[C@@H](CCC(=O)N3CCN(C(=O)CC(C)(C)C)CC3C)CCC[C@H]2c2cccc(F)c2)cc1. The summed E-state index contributed by atoms with van der Waals surface area (Å²) in [6.07, 6.45) is 3.06. The molecule has 2 saturated heterocycles. The van der Waals surface area contributed by atoms with Crippen molar-refractivity contribution in [1.82, 2.24) is 14.1 Å². The Hall–Kier alpha value is -2.78. The second kappa shape index (κ2) is 12.6. The quantitative estimate of drug-likeness (QED) is 0.418. The van der Waals surface area contributed by atoms with Crippen LogP contribution in [0.25, 0.3) is 0 Å². The zero-order valence-corrected chi connectivity index (χ0v) is 25.8. The van der Waals surface area contributed by atoms with E-state index in [9.17, 15) is 22.4 Å². The fraction of sp³-hybridized carbons (Fsp3) is 0.562. The predicted octanol–water partition coefficient (Wildman–Crippen LogP) is 5.69. The van der Waals surface area contributed by atoms with E-state index in [1.54, 1.807) is 36.4 Å². The lowest BCUT2D eigenvalue weighted by molar-refractivity contribution is -0.143. The van der Waals surface area contributed by atoms with E-state index in [2.05, 4.69) is 0 Å². The largest absolute Gasteiger partial charge is 0.339 e. The number of sulfonamides is 1. The Morgan fingerprint density at radius 3 is 2.34 bits per heavy atom. The van der Waals surface area contributed by atoms with E-state index in [0.717, 1.165) is 12.0 Å². The van der Waals surface area contributed by atoms with E-state index in [1.807, 2.05) is 44.4 Å². The van der Waals surface area contributed by atoms with Crippen LogP contribution in [0.3, 0.4) is 0 Å². The molecule has 0 aliphatic carbocycles. The second-order valence-electron chi connectivity index (χ2n) is 12.9. The van der Waals surface area contributed by atoms with Crippen LogP contribution in [0.5, 0.6) is 0 Å². The molecule has 0 N–H and O–H groups in total. The molecule has 9 heteroatoms. The third-order valence-corrected chi connectivity index (χ3v) is 10.2. The average Bonchev–Trinajstić information content (AvgIpc) is 2.90. The van der Waals surface area contributed by atoms with Crippen molar-refractivity contribution in [1.29, 1.82) is 0 Å². The number of benzene rings is 2. The van der Waals surface area contributed by atoms with Gasteiger partial charge in [-0.2, -0.15) is 4.31 Å². The highest BCUT2D eigenvalue weighted by molar-refractivity contribution is 7.89. The summed E-state index contributed by atoms with van der Waals surface area (Å²) in [7, 11) is -3.91. The van der Waals surface area contributed by atoms with E-state index in [0.29, 0.717) is 50.9 Å². The number of aryl methyl sites for hydroxylation is 1. The molecular weight excluding hydrogens is 541 g/mol. The first kappa shape index (κ1) is 31.2. The maximum absolute atomic E-state index is 14.2. The number of rotatable bonds is 7. The Bertz CT molecular complexity index is 1340. The lowest BCUT2D eigenvalue weighted by atomic mass is 9.91. The molecule has 4 rings (SSSR count). The summed E-state index contributed by atoms with van der Waals surface area (Å²) >= 11 is 0. The number of halogens is 1. The molecule has 41 heavy (non-hydrogen) atoms. The molecule has 7 nitrogen and oxygen atoms in total. The summed E-state index contributed by atoms with van der Waals surface area (Å²) in [5.74, 6) is -0.318. The summed E-state index contributed by atoms with van der Waals surface area (Å²) in [5, 5.41) is 0. The molecule has 0 bridgehead atoms. The molecule has 2 aromatic rings. The second-order valence-corrected chi connectivity index (χ2v) is 14.7. The van der Waals surface area contributed by atoms with Crippen molar-refractivity contribution in [2.24, 2.45) is 5.41 Å². The molecule has 0 spiro atoms. The van der Waals surface area contributed by atoms with Gasteiger partial charge in [0.05, 0.1) is 10.9 Å². The maximum Gasteiger partial charge on any atom is 0.243 e. The lowest BCUT2D eigenvalue weighted by Crippen LogP contribution is -2.56. The van der Waals surface area contributed by atoms with Crippen LogP contribution in [-0.2, 0) is 19.6 Å². The number of nitrogens with zero attached hydrogens (tertiary/aromatic N) is 3. The van der Waals surface area contributed by atoms with E-state index < -0.39 is 27.9 Å². The Labute approximate surface area is 244 Å². The first-order chi connectivity index (χ1) is 19.3. The lowest BCUT2D eigenvalue weighted by Gasteiger charge is -2.43. The van der Waals surface area contributed by atoms with Gasteiger partial charge in [0, 0.05) is 44.6 Å². The topological polar surface area (TPSA) is 78.0 Å². The molecule has 2 fully saturated rings. The Morgan fingerprint density at radius 1 is 1.00 bits per heavy atom. The van der Waals surface area contributed by atoms with Gasteiger partial charge in [-0.1, -0.05) is 50.6 Å². The number of hydrogen-bond acceptors (Lipinski definition) is 4. The standard InChI is InChI=1S/C32H44FN3O4S/c1-23-12-15-28(16-13-23)41(39,40)36-27(10-7-11-29(36)25-8-6-9-26(33)20-25)14-17-30(37)35-19-18-34(22-24(35)2)31(38)21-32(3,4)5/h6,8-9,12-13,15-16,20,24,27,29H,7,10-11,14,17-19,21-22H2,1-5H3/t24?,27-,29+/m1/s1. The highest BCUT2D eigenvalue weighted by Crippen LogP contribution is 2.40. The zero-order valence-electron chi connectivity index (χ0n) is 25.0. The van der Waals surface area contributed by atoms with E-state index in [4.69, 9.17) is 0 Å². The minimum Gasteiger partial charge on any atom is -0.339 e. The number of piperazine rings is 1. The Balaban J connectivity index is 1.51. The van der Waals surface area contributed by atoms with Crippen LogP contribution in [0.15, 0.2) is 53.4 Å². The van der Waals surface area contributed by atoms with Crippen molar-refractivity contribution in [3.05, 3.63) is 65.5 Å². The zero-order chi connectivity index (χ0) is 29.9. The number of hydrogen-bond donors (Lipinski definition) is 0. The molecule has 3 atom stereocenters. The van der Waals surface area contributed by atoms with Crippen molar-refractivity contribution >= 4 is 21.8 Å². The van der Waals surface area contributed by atoms with E-state index >= 15 is 0 Å². The minimum atomic E-state index is -3.91. The van der Waals surface area contributed by atoms with Gasteiger partial charge in [-0.15, -0.1) is 0 Å². The number of piperidine rings is 1. The molecule has 2 amide bonds. The Morgan fingerprint density at radius 2 is 1.71 bits per heavy atom. The summed E-state index contributed by atoms with van der Waals surface area (Å²) in [6.45, 7) is 11.5. The van der Waals surface area contributed by atoms with Gasteiger partial charge in [-0.05, 0) is 74.8 Å². The van der Waals surface area contributed by atoms with Gasteiger partial charge in [0.2, 0.25) is 21.8 Å². The van der Waals surface area contributed by atoms with E-state index in [-0.39, 0.29) is 34.6 Å². The number of carbonyl (C=O) groups is 2. The van der Waals surface area contributed by atoms with Crippen LogP contribution in [0.4, 0.5) is 4.39 Å². The summed E-state index contributed by atoms with van der Waals surface area (Å²) in [5.41, 5.74) is 1.49. The molecule has 2 aromatic carbocycles. The number of carbonyl (C=O) groups excluding carboxylic acids is 2. The molecule has 2 aliphatic heterocycles. The number of amides is 2. The predicted molar refractivity (Wildman–Crippen MR) is 158 cm³/mol. The molecule has 0 radical (unpaired) electrons. The van der Waals surface area contributed by atoms with Crippen LogP contribution in [0, 0.1) is 18.2 Å². The Kier molecular flexibility index (Phi) is 9.59. The smallest absolute Gasteiger partial charge is 0.243 e. The van der Waals surface area contributed by atoms with E-state index in [1.165, 1.54) is 16.4 Å². The van der Waals surface area contributed by atoms with Gasteiger partial charge in [0.25, 0.3) is 0 Å². The summed E-state index contributed by atoms with van der Waals surface area (Å²) in [6, 6.07) is 11.9. The van der Waals surface area contributed by atoms with Crippen LogP contribution in [-0.4, -0.2) is 66.1 Å². The molecule has 1 unspecified atom stereocenters. The third kappa shape index (κ3) is 7.55. The van der Waals surface area contributed by atoms with Crippen LogP contribution in [0.2, 0.25) is 0 Å². The van der Waals surface area contributed by atoms with Crippen LogP contribution in [0.1, 0.15) is 83.4 Å². The maximum atomic E-state index is 14.2. The van der Waals surface area contributed by atoms with Crippen LogP contribution >= 0.6 is 0 Å². The first-order valence-corrected chi connectivity index (χ1v) is 16.1. The molecule has 2 aliphatic rings. The fourth-order valence-corrected chi connectivity index (χ4v) is 7.99. The van der Waals surface area contributed by atoms with Gasteiger partial charge in [-0.3, -0.25) is 9.59 Å². The van der Waals surface area contributed by atoms with Gasteiger partial charge >= 0.3 is 0 Å². The molecule has 224 valence electrons. The van der Waals surface area contributed by atoms with Crippen LogP contribution < -0.4 is 0 Å². The first-order valence-electron chi connectivity index (χ1n) is 14.7.